The third-order valence-corrected chi connectivity index (χ3v) is 5.11. The lowest BCUT2D eigenvalue weighted by molar-refractivity contribution is -0.139. The standard InChI is InChI=1S/C22H45NO4/c1-2-3-4-5-6-7-8-9-10-11-12-13-14-15-16-17-18-27-21(22(23)26)20(25)19-24/h20-21,24-25H,2-19H2,1H3,(H2,23,26). The first-order chi connectivity index (χ1) is 13.1. The molecule has 0 bridgehead atoms. The van der Waals surface area contributed by atoms with Gasteiger partial charge in [-0.25, -0.2) is 0 Å². The van der Waals surface area contributed by atoms with Gasteiger partial charge in [-0.3, -0.25) is 4.79 Å². The number of ether oxygens (including phenoxy) is 1. The monoisotopic (exact) mass is 387 g/mol. The van der Waals surface area contributed by atoms with Crippen molar-refractivity contribution in [2.45, 2.75) is 122 Å². The Balaban J connectivity index is 3.26. The van der Waals surface area contributed by atoms with Gasteiger partial charge in [0.25, 0.3) is 0 Å². The molecule has 5 heteroatoms. The summed E-state index contributed by atoms with van der Waals surface area (Å²) in [7, 11) is 0. The Bertz CT molecular complexity index is 325. The quantitative estimate of drug-likeness (QED) is 0.253. The topological polar surface area (TPSA) is 92.8 Å². The van der Waals surface area contributed by atoms with Crippen LogP contribution in [0.4, 0.5) is 0 Å². The Labute approximate surface area is 167 Å². The van der Waals surface area contributed by atoms with Gasteiger partial charge in [0.2, 0.25) is 5.91 Å². The first-order valence-corrected chi connectivity index (χ1v) is 11.3. The Morgan fingerprint density at radius 3 is 1.48 bits per heavy atom. The summed E-state index contributed by atoms with van der Waals surface area (Å²) in [5.74, 6) is -0.729. The van der Waals surface area contributed by atoms with E-state index in [1.54, 1.807) is 0 Å². The van der Waals surface area contributed by atoms with Gasteiger partial charge in [-0.05, 0) is 6.42 Å². The largest absolute Gasteiger partial charge is 0.394 e. The smallest absolute Gasteiger partial charge is 0.249 e. The van der Waals surface area contributed by atoms with E-state index in [0.717, 1.165) is 12.8 Å². The van der Waals surface area contributed by atoms with Gasteiger partial charge >= 0.3 is 0 Å². The maximum absolute atomic E-state index is 11.1. The van der Waals surface area contributed by atoms with Crippen LogP contribution in [-0.2, 0) is 9.53 Å². The molecule has 1 amide bonds. The van der Waals surface area contributed by atoms with Gasteiger partial charge in [0.05, 0.1) is 6.61 Å². The van der Waals surface area contributed by atoms with Crippen LogP contribution < -0.4 is 5.73 Å². The van der Waals surface area contributed by atoms with Crippen LogP contribution in [0, 0.1) is 0 Å². The molecule has 162 valence electrons. The van der Waals surface area contributed by atoms with E-state index in [1.165, 1.54) is 89.9 Å². The number of aliphatic hydroxyl groups is 2. The molecular formula is C22H45NO4. The lowest BCUT2D eigenvalue weighted by Crippen LogP contribution is -2.43. The Morgan fingerprint density at radius 1 is 0.778 bits per heavy atom. The fraction of sp³-hybridized carbons (Fsp3) is 0.955. The second kappa shape index (κ2) is 20.1. The maximum Gasteiger partial charge on any atom is 0.249 e. The van der Waals surface area contributed by atoms with Crippen LogP contribution in [0.1, 0.15) is 110 Å². The molecule has 0 saturated heterocycles. The highest BCUT2D eigenvalue weighted by atomic mass is 16.5. The normalized spacial score (nSPS) is 13.6. The SMILES string of the molecule is CCCCCCCCCCCCCCCCCCOC(C(N)=O)C(O)CO. The van der Waals surface area contributed by atoms with Crippen molar-refractivity contribution in [3.05, 3.63) is 0 Å². The van der Waals surface area contributed by atoms with Crippen molar-refractivity contribution in [3.8, 4) is 0 Å². The molecule has 0 spiro atoms. The number of carbonyl (C=O) groups excluding carboxylic acids is 1. The molecule has 0 aliphatic rings. The van der Waals surface area contributed by atoms with Crippen LogP contribution in [0.3, 0.4) is 0 Å². The van der Waals surface area contributed by atoms with Gasteiger partial charge in [0.1, 0.15) is 6.10 Å². The van der Waals surface area contributed by atoms with E-state index >= 15 is 0 Å². The number of aliphatic hydroxyl groups excluding tert-OH is 2. The van der Waals surface area contributed by atoms with E-state index in [0.29, 0.717) is 6.61 Å². The lowest BCUT2D eigenvalue weighted by atomic mass is 10.0. The van der Waals surface area contributed by atoms with Gasteiger partial charge < -0.3 is 20.7 Å². The van der Waals surface area contributed by atoms with Crippen LogP contribution in [-0.4, -0.2) is 41.5 Å². The third-order valence-electron chi connectivity index (χ3n) is 5.11. The summed E-state index contributed by atoms with van der Waals surface area (Å²) >= 11 is 0. The molecule has 0 aromatic carbocycles. The van der Waals surface area contributed by atoms with Gasteiger partial charge in [-0.15, -0.1) is 0 Å². The minimum absolute atomic E-state index is 0.392. The lowest BCUT2D eigenvalue weighted by Gasteiger charge is -2.18. The van der Waals surface area contributed by atoms with Gasteiger partial charge in [0, 0.05) is 6.61 Å². The molecule has 0 aromatic heterocycles. The molecule has 2 atom stereocenters. The van der Waals surface area contributed by atoms with Crippen LogP contribution in [0.15, 0.2) is 0 Å². The second-order valence-electron chi connectivity index (χ2n) is 7.75. The number of nitrogens with two attached hydrogens (primary N) is 1. The number of unbranched alkanes of at least 4 members (excludes halogenated alkanes) is 15. The van der Waals surface area contributed by atoms with E-state index < -0.39 is 24.7 Å². The minimum Gasteiger partial charge on any atom is -0.394 e. The minimum atomic E-state index is -1.23. The predicted molar refractivity (Wildman–Crippen MR) is 112 cm³/mol. The van der Waals surface area contributed by atoms with Crippen molar-refractivity contribution in [2.75, 3.05) is 13.2 Å². The Kier molecular flexibility index (Phi) is 19.6. The second-order valence-corrected chi connectivity index (χ2v) is 7.75. The fourth-order valence-corrected chi connectivity index (χ4v) is 3.34. The zero-order valence-corrected chi connectivity index (χ0v) is 17.7. The molecule has 27 heavy (non-hydrogen) atoms. The van der Waals surface area contributed by atoms with Gasteiger partial charge in [-0.1, -0.05) is 103 Å². The molecule has 0 aromatic rings. The zero-order valence-electron chi connectivity index (χ0n) is 17.7. The summed E-state index contributed by atoms with van der Waals surface area (Å²) in [4.78, 5) is 11.1. The summed E-state index contributed by atoms with van der Waals surface area (Å²) in [6.45, 7) is 2.14. The average molecular weight is 388 g/mol. The number of hydrogen-bond donors (Lipinski definition) is 3. The summed E-state index contributed by atoms with van der Waals surface area (Å²) in [5.41, 5.74) is 5.15. The number of carbonyl (C=O) groups is 1. The molecule has 2 unspecified atom stereocenters. The van der Waals surface area contributed by atoms with Gasteiger partial charge in [0.15, 0.2) is 6.10 Å². The molecule has 5 nitrogen and oxygen atoms in total. The summed E-state index contributed by atoms with van der Waals surface area (Å²) < 4.78 is 5.29. The molecular weight excluding hydrogens is 342 g/mol. The van der Waals surface area contributed by atoms with Gasteiger partial charge in [-0.2, -0.15) is 0 Å². The number of primary amides is 1. The van der Waals surface area contributed by atoms with E-state index in [4.69, 9.17) is 15.6 Å². The van der Waals surface area contributed by atoms with Crippen molar-refractivity contribution >= 4 is 5.91 Å². The van der Waals surface area contributed by atoms with Crippen molar-refractivity contribution in [2.24, 2.45) is 5.73 Å². The van der Waals surface area contributed by atoms with E-state index in [9.17, 15) is 9.90 Å². The summed E-state index contributed by atoms with van der Waals surface area (Å²) in [6, 6.07) is 0. The molecule has 0 aliphatic carbocycles. The molecule has 0 aliphatic heterocycles. The molecule has 0 saturated carbocycles. The third kappa shape index (κ3) is 17.2. The maximum atomic E-state index is 11.1. The van der Waals surface area contributed by atoms with E-state index in [1.807, 2.05) is 0 Å². The number of amides is 1. The molecule has 0 radical (unpaired) electrons. The van der Waals surface area contributed by atoms with Crippen LogP contribution in [0.25, 0.3) is 0 Å². The highest BCUT2D eigenvalue weighted by molar-refractivity contribution is 5.79. The highest BCUT2D eigenvalue weighted by Crippen LogP contribution is 2.13. The first-order valence-electron chi connectivity index (χ1n) is 11.3. The van der Waals surface area contributed by atoms with Crippen LogP contribution in [0.2, 0.25) is 0 Å². The van der Waals surface area contributed by atoms with Crippen molar-refractivity contribution < 1.29 is 19.7 Å². The van der Waals surface area contributed by atoms with E-state index in [-0.39, 0.29) is 0 Å². The first kappa shape index (κ1) is 26.4. The predicted octanol–water partition coefficient (Wildman–Crippen LogP) is 4.47. The summed E-state index contributed by atoms with van der Waals surface area (Å²) in [6.07, 6.45) is 18.5. The average Bonchev–Trinajstić information content (AvgIpc) is 2.66. The molecule has 0 fully saturated rings. The number of rotatable bonds is 21. The summed E-state index contributed by atoms with van der Waals surface area (Å²) in [5, 5.41) is 18.3. The van der Waals surface area contributed by atoms with E-state index in [2.05, 4.69) is 6.92 Å². The van der Waals surface area contributed by atoms with Crippen LogP contribution in [0.5, 0.6) is 0 Å². The fourth-order valence-electron chi connectivity index (χ4n) is 3.34. The number of hydrogen-bond acceptors (Lipinski definition) is 4. The Hall–Kier alpha value is -0.650. The Morgan fingerprint density at radius 2 is 1.15 bits per heavy atom. The molecule has 0 rings (SSSR count). The molecule has 0 heterocycles. The van der Waals surface area contributed by atoms with Crippen molar-refractivity contribution in [1.29, 1.82) is 0 Å². The highest BCUT2D eigenvalue weighted by Gasteiger charge is 2.24. The van der Waals surface area contributed by atoms with Crippen LogP contribution >= 0.6 is 0 Å². The van der Waals surface area contributed by atoms with Crippen molar-refractivity contribution in [3.63, 3.8) is 0 Å². The zero-order chi connectivity index (χ0) is 20.2. The molecule has 4 N–H and O–H groups in total. The van der Waals surface area contributed by atoms with Crippen molar-refractivity contribution in [1.82, 2.24) is 0 Å².